The third-order valence-corrected chi connectivity index (χ3v) is 5.91. The molecule has 2 rings (SSSR count). The van der Waals surface area contributed by atoms with Crippen LogP contribution in [0.25, 0.3) is 0 Å². The molecule has 0 radical (unpaired) electrons. The summed E-state index contributed by atoms with van der Waals surface area (Å²) >= 11 is 0. The molecule has 0 aromatic heterocycles. The first-order valence-corrected chi connectivity index (χ1v) is 7.07. The Morgan fingerprint density at radius 2 is 1.59 bits per heavy atom. The number of hydrogen-bond donors (Lipinski definition) is 2. The zero-order valence-electron chi connectivity index (χ0n) is 11.8. The first-order valence-electron chi connectivity index (χ1n) is 7.07. The molecule has 2 N–H and O–H groups in total. The molecule has 0 aromatic rings. The van der Waals surface area contributed by atoms with Crippen LogP contribution in [0.15, 0.2) is 0 Å². The van der Waals surface area contributed by atoms with Crippen molar-refractivity contribution in [1.29, 1.82) is 0 Å². The van der Waals surface area contributed by atoms with Gasteiger partial charge in [-0.25, -0.2) is 0 Å². The molecule has 17 heavy (non-hydrogen) atoms. The van der Waals surface area contributed by atoms with Crippen molar-refractivity contribution in [1.82, 2.24) is 0 Å². The van der Waals surface area contributed by atoms with E-state index in [1.54, 1.807) is 0 Å². The van der Waals surface area contributed by atoms with Crippen LogP contribution in [-0.2, 0) is 0 Å². The van der Waals surface area contributed by atoms with Crippen LogP contribution >= 0.6 is 0 Å². The highest BCUT2D eigenvalue weighted by Gasteiger charge is 2.53. The second-order valence-corrected chi connectivity index (χ2v) is 7.61. The van der Waals surface area contributed by atoms with Crippen molar-refractivity contribution in [2.24, 2.45) is 16.7 Å². The molecule has 0 bridgehead atoms. The molecule has 0 aliphatic heterocycles. The number of aliphatic hydroxyl groups excluding tert-OH is 1. The third-order valence-electron chi connectivity index (χ3n) is 5.91. The van der Waals surface area contributed by atoms with Crippen molar-refractivity contribution >= 4 is 0 Å². The van der Waals surface area contributed by atoms with Gasteiger partial charge >= 0.3 is 0 Å². The Kier molecular flexibility index (Phi) is 3.11. The molecule has 0 aromatic carbocycles. The minimum absolute atomic E-state index is 0.131. The van der Waals surface area contributed by atoms with Gasteiger partial charge in [0, 0.05) is 0 Å². The van der Waals surface area contributed by atoms with Crippen molar-refractivity contribution < 1.29 is 10.2 Å². The van der Waals surface area contributed by atoms with E-state index in [9.17, 15) is 10.2 Å². The van der Waals surface area contributed by atoms with Gasteiger partial charge in [0.05, 0.1) is 11.7 Å². The van der Waals surface area contributed by atoms with Crippen LogP contribution in [0.5, 0.6) is 0 Å². The van der Waals surface area contributed by atoms with Crippen molar-refractivity contribution in [3.63, 3.8) is 0 Å². The quantitative estimate of drug-likeness (QED) is 0.739. The van der Waals surface area contributed by atoms with E-state index in [4.69, 9.17) is 0 Å². The Morgan fingerprint density at radius 3 is 2.18 bits per heavy atom. The molecule has 100 valence electrons. The highest BCUT2D eigenvalue weighted by atomic mass is 16.3. The van der Waals surface area contributed by atoms with Gasteiger partial charge in [-0.3, -0.25) is 0 Å². The Labute approximate surface area is 105 Å². The zero-order valence-corrected chi connectivity index (χ0v) is 11.8. The van der Waals surface area contributed by atoms with Crippen molar-refractivity contribution in [2.75, 3.05) is 0 Å². The Bertz CT molecular complexity index is 294. The molecule has 0 spiro atoms. The van der Waals surface area contributed by atoms with E-state index in [1.165, 1.54) is 6.42 Å². The normalized spacial score (nSPS) is 47.6. The number of rotatable bonds is 1. The lowest BCUT2D eigenvalue weighted by atomic mass is 9.48. The summed E-state index contributed by atoms with van der Waals surface area (Å²) < 4.78 is 0. The summed E-state index contributed by atoms with van der Waals surface area (Å²) in [6.07, 6.45) is 6.27. The lowest BCUT2D eigenvalue weighted by molar-refractivity contribution is -0.124. The van der Waals surface area contributed by atoms with Crippen molar-refractivity contribution in [2.45, 2.75) is 77.9 Å². The molecule has 2 saturated carbocycles. The maximum Gasteiger partial charge on any atom is 0.0620 e. The van der Waals surface area contributed by atoms with E-state index in [1.807, 2.05) is 13.8 Å². The largest absolute Gasteiger partial charge is 0.393 e. The van der Waals surface area contributed by atoms with Gasteiger partial charge in [0.25, 0.3) is 0 Å². The fourth-order valence-corrected chi connectivity index (χ4v) is 4.15. The molecule has 0 heterocycles. The van der Waals surface area contributed by atoms with Crippen LogP contribution in [0.4, 0.5) is 0 Å². The number of fused-ring (bicyclic) bond motifs is 1. The van der Waals surface area contributed by atoms with Crippen LogP contribution in [0.2, 0.25) is 0 Å². The summed E-state index contributed by atoms with van der Waals surface area (Å²) in [6, 6.07) is 0. The average molecular weight is 240 g/mol. The van der Waals surface area contributed by atoms with Gasteiger partial charge in [0.1, 0.15) is 0 Å². The van der Waals surface area contributed by atoms with E-state index in [0.29, 0.717) is 11.3 Å². The second kappa shape index (κ2) is 3.96. The summed E-state index contributed by atoms with van der Waals surface area (Å²) in [4.78, 5) is 0. The fraction of sp³-hybridized carbons (Fsp3) is 1.00. The SMILES string of the molecule is CC(C)(O)C1CCC2(C)CCC(O)CC2(C)C1. The molecular weight excluding hydrogens is 212 g/mol. The molecule has 0 saturated heterocycles. The monoisotopic (exact) mass is 240 g/mol. The lowest BCUT2D eigenvalue weighted by Crippen LogP contribution is -2.51. The van der Waals surface area contributed by atoms with E-state index in [0.717, 1.165) is 32.1 Å². The van der Waals surface area contributed by atoms with Gasteiger partial charge in [-0.05, 0) is 69.1 Å². The Morgan fingerprint density at radius 1 is 1.00 bits per heavy atom. The zero-order chi connectivity index (χ0) is 12.9. The second-order valence-electron chi connectivity index (χ2n) is 7.61. The van der Waals surface area contributed by atoms with E-state index in [2.05, 4.69) is 13.8 Å². The van der Waals surface area contributed by atoms with Gasteiger partial charge in [-0.2, -0.15) is 0 Å². The maximum absolute atomic E-state index is 10.2. The highest BCUT2D eigenvalue weighted by Crippen LogP contribution is 2.60. The lowest BCUT2D eigenvalue weighted by Gasteiger charge is -2.58. The van der Waals surface area contributed by atoms with Crippen LogP contribution < -0.4 is 0 Å². The number of aliphatic hydroxyl groups is 2. The molecule has 2 aliphatic carbocycles. The van der Waals surface area contributed by atoms with Crippen LogP contribution in [0.1, 0.15) is 66.2 Å². The van der Waals surface area contributed by atoms with Gasteiger partial charge in [-0.15, -0.1) is 0 Å². The smallest absolute Gasteiger partial charge is 0.0620 e. The molecule has 2 aliphatic rings. The van der Waals surface area contributed by atoms with Gasteiger partial charge in [0.15, 0.2) is 0 Å². The summed E-state index contributed by atoms with van der Waals surface area (Å²) in [5.41, 5.74) is -0.00565. The summed E-state index contributed by atoms with van der Waals surface area (Å²) in [6.45, 7) is 8.58. The molecule has 2 heteroatoms. The molecule has 4 unspecified atom stereocenters. The molecule has 4 atom stereocenters. The first kappa shape index (κ1) is 13.4. The average Bonchev–Trinajstić information content (AvgIpc) is 2.17. The molecule has 2 fully saturated rings. The van der Waals surface area contributed by atoms with Crippen LogP contribution in [-0.4, -0.2) is 21.9 Å². The van der Waals surface area contributed by atoms with E-state index >= 15 is 0 Å². The Balaban J connectivity index is 2.20. The summed E-state index contributed by atoms with van der Waals surface area (Å²) in [5, 5.41) is 20.2. The van der Waals surface area contributed by atoms with Crippen LogP contribution in [0.3, 0.4) is 0 Å². The Hall–Kier alpha value is -0.0800. The van der Waals surface area contributed by atoms with E-state index < -0.39 is 5.60 Å². The minimum Gasteiger partial charge on any atom is -0.393 e. The summed E-state index contributed by atoms with van der Waals surface area (Å²) in [5.74, 6) is 0.380. The molecular formula is C15H28O2. The van der Waals surface area contributed by atoms with E-state index in [-0.39, 0.29) is 11.5 Å². The van der Waals surface area contributed by atoms with Gasteiger partial charge < -0.3 is 10.2 Å². The minimum atomic E-state index is -0.577. The molecule has 0 amide bonds. The van der Waals surface area contributed by atoms with Crippen molar-refractivity contribution in [3.05, 3.63) is 0 Å². The molecule has 2 nitrogen and oxygen atoms in total. The number of hydrogen-bond acceptors (Lipinski definition) is 2. The predicted octanol–water partition coefficient (Wildman–Crippen LogP) is 3.11. The highest BCUT2D eigenvalue weighted by molar-refractivity contribution is 5.03. The third kappa shape index (κ3) is 2.26. The van der Waals surface area contributed by atoms with Crippen molar-refractivity contribution in [3.8, 4) is 0 Å². The maximum atomic E-state index is 10.2. The fourth-order valence-electron chi connectivity index (χ4n) is 4.15. The van der Waals surface area contributed by atoms with Crippen LogP contribution in [0, 0.1) is 16.7 Å². The predicted molar refractivity (Wildman–Crippen MR) is 69.7 cm³/mol. The van der Waals surface area contributed by atoms with Gasteiger partial charge in [0.2, 0.25) is 0 Å². The summed E-state index contributed by atoms with van der Waals surface area (Å²) in [7, 11) is 0. The topological polar surface area (TPSA) is 40.5 Å². The first-order chi connectivity index (χ1) is 7.66. The van der Waals surface area contributed by atoms with Gasteiger partial charge in [-0.1, -0.05) is 13.8 Å². The standard InChI is InChI=1S/C15H28O2/c1-13(2,17)11-5-7-14(3)8-6-12(16)10-15(14,4)9-11/h11-12,16-17H,5-10H2,1-4H3.